The van der Waals surface area contributed by atoms with Gasteiger partial charge in [-0.05, 0) is 45.2 Å². The molecular weight excluding hydrogens is 427 g/mol. The predicted molar refractivity (Wildman–Crippen MR) is 114 cm³/mol. The van der Waals surface area contributed by atoms with E-state index >= 15 is 0 Å². The van der Waals surface area contributed by atoms with Gasteiger partial charge in [-0.15, -0.1) is 24.0 Å². The fourth-order valence-corrected chi connectivity index (χ4v) is 3.39. The average Bonchev–Trinajstić information content (AvgIpc) is 3.12. The largest absolute Gasteiger partial charge is 0.469 e. The van der Waals surface area contributed by atoms with Crippen LogP contribution in [0.4, 0.5) is 0 Å². The molecule has 2 atom stereocenters. The molecule has 1 aromatic heterocycles. The minimum Gasteiger partial charge on any atom is -0.469 e. The van der Waals surface area contributed by atoms with E-state index in [2.05, 4.69) is 34.0 Å². The summed E-state index contributed by atoms with van der Waals surface area (Å²) in [6.45, 7) is 10.9. The zero-order valence-electron chi connectivity index (χ0n) is 15.3. The Labute approximate surface area is 168 Å². The molecule has 2 aliphatic rings. The van der Waals surface area contributed by atoms with Crippen LogP contribution in [-0.2, 0) is 6.42 Å². The number of hydrogen-bond acceptors (Lipinski definition) is 3. The number of aliphatic imine (C=N–C) groups is 1. The third kappa shape index (κ3) is 6.33. The number of nitrogens with one attached hydrogen (secondary N) is 2. The Hall–Kier alpha value is -1.02. The molecule has 1 saturated carbocycles. The first-order valence-corrected chi connectivity index (χ1v) is 9.09. The van der Waals surface area contributed by atoms with E-state index in [-0.39, 0.29) is 24.0 Å². The van der Waals surface area contributed by atoms with Crippen LogP contribution in [0, 0.1) is 0 Å². The van der Waals surface area contributed by atoms with Gasteiger partial charge in [0.1, 0.15) is 5.76 Å². The maximum Gasteiger partial charge on any atom is 0.191 e. The van der Waals surface area contributed by atoms with Crippen molar-refractivity contribution in [3.05, 3.63) is 36.3 Å². The van der Waals surface area contributed by atoms with Gasteiger partial charge in [0, 0.05) is 37.6 Å². The highest BCUT2D eigenvalue weighted by Gasteiger charge is 2.38. The van der Waals surface area contributed by atoms with Gasteiger partial charge < -0.3 is 15.1 Å². The van der Waals surface area contributed by atoms with E-state index < -0.39 is 0 Å². The van der Waals surface area contributed by atoms with E-state index in [4.69, 9.17) is 4.42 Å². The van der Waals surface area contributed by atoms with Gasteiger partial charge in [-0.3, -0.25) is 4.90 Å². The maximum atomic E-state index is 5.39. The fraction of sp³-hybridized carbons (Fsp3) is 0.632. The van der Waals surface area contributed by atoms with Crippen molar-refractivity contribution in [2.45, 2.75) is 57.7 Å². The Bertz CT molecular complexity index is 568. The Morgan fingerprint density at radius 3 is 2.88 bits per heavy atom. The number of furan rings is 1. The fourth-order valence-electron chi connectivity index (χ4n) is 3.39. The van der Waals surface area contributed by atoms with Crippen LogP contribution >= 0.6 is 24.0 Å². The Kier molecular flexibility index (Phi) is 7.81. The van der Waals surface area contributed by atoms with Gasteiger partial charge in [-0.2, -0.15) is 0 Å². The van der Waals surface area contributed by atoms with Crippen molar-refractivity contribution in [2.24, 2.45) is 4.99 Å². The van der Waals surface area contributed by atoms with E-state index in [1.165, 1.54) is 19.3 Å². The second-order valence-electron chi connectivity index (χ2n) is 7.23. The Balaban J connectivity index is 0.00000225. The molecular formula is C19H31IN4O. The number of rotatable bonds is 7. The third-order valence-corrected chi connectivity index (χ3v) is 4.73. The summed E-state index contributed by atoms with van der Waals surface area (Å²) in [5.41, 5.74) is 1.07. The van der Waals surface area contributed by atoms with Gasteiger partial charge in [-0.1, -0.05) is 12.2 Å². The quantitative estimate of drug-likeness (QED) is 0.285. The summed E-state index contributed by atoms with van der Waals surface area (Å²) in [5, 5.41) is 7.05. The summed E-state index contributed by atoms with van der Waals surface area (Å²) < 4.78 is 5.39. The number of likely N-dealkylation sites (tertiary alicyclic amines) is 1. The molecule has 2 fully saturated rings. The van der Waals surface area contributed by atoms with Crippen LogP contribution in [0.15, 0.2) is 40.0 Å². The molecule has 3 rings (SSSR count). The summed E-state index contributed by atoms with van der Waals surface area (Å²) in [5.74, 6) is 1.88. The lowest BCUT2D eigenvalue weighted by Crippen LogP contribution is -2.45. The number of hydrogen-bond donors (Lipinski definition) is 2. The summed E-state index contributed by atoms with van der Waals surface area (Å²) >= 11 is 0. The maximum absolute atomic E-state index is 5.39. The second kappa shape index (κ2) is 9.62. The van der Waals surface area contributed by atoms with E-state index in [1.807, 2.05) is 19.1 Å². The normalized spacial score (nSPS) is 24.0. The molecule has 2 unspecified atom stereocenters. The first-order chi connectivity index (χ1) is 11.6. The minimum atomic E-state index is 0. The number of guanidine groups is 1. The van der Waals surface area contributed by atoms with Crippen LogP contribution in [0.3, 0.4) is 0 Å². The average molecular weight is 458 g/mol. The zero-order valence-corrected chi connectivity index (χ0v) is 17.7. The summed E-state index contributed by atoms with van der Waals surface area (Å²) in [7, 11) is 0. The lowest BCUT2D eigenvalue weighted by atomic mass is 10.2. The molecule has 2 N–H and O–H groups in total. The SMILES string of the molecule is C=C(C)CN=C(NCCc1ccco1)NC1CC(C)N(C2CC2)C1.I. The molecule has 25 heavy (non-hydrogen) atoms. The summed E-state index contributed by atoms with van der Waals surface area (Å²) in [6.07, 6.45) is 6.50. The van der Waals surface area contributed by atoms with E-state index in [0.717, 1.165) is 42.8 Å². The van der Waals surface area contributed by atoms with Crippen LogP contribution in [0.1, 0.15) is 38.9 Å². The van der Waals surface area contributed by atoms with E-state index in [1.54, 1.807) is 6.26 Å². The third-order valence-electron chi connectivity index (χ3n) is 4.73. The minimum absolute atomic E-state index is 0. The van der Waals surface area contributed by atoms with Gasteiger partial charge in [0.2, 0.25) is 0 Å². The second-order valence-corrected chi connectivity index (χ2v) is 7.23. The van der Waals surface area contributed by atoms with Gasteiger partial charge in [-0.25, -0.2) is 4.99 Å². The first-order valence-electron chi connectivity index (χ1n) is 9.09. The summed E-state index contributed by atoms with van der Waals surface area (Å²) in [4.78, 5) is 7.31. The highest BCUT2D eigenvalue weighted by Crippen LogP contribution is 2.33. The van der Waals surface area contributed by atoms with Crippen LogP contribution < -0.4 is 10.6 Å². The molecule has 5 nitrogen and oxygen atoms in total. The molecule has 2 heterocycles. The molecule has 1 aromatic rings. The van der Waals surface area contributed by atoms with Crippen molar-refractivity contribution in [1.82, 2.24) is 15.5 Å². The van der Waals surface area contributed by atoms with Crippen molar-refractivity contribution < 1.29 is 4.42 Å². The van der Waals surface area contributed by atoms with Crippen molar-refractivity contribution in [1.29, 1.82) is 0 Å². The first kappa shape index (κ1) is 20.3. The molecule has 0 bridgehead atoms. The Morgan fingerprint density at radius 2 is 2.24 bits per heavy atom. The lowest BCUT2D eigenvalue weighted by Gasteiger charge is -2.20. The van der Waals surface area contributed by atoms with E-state index in [0.29, 0.717) is 18.6 Å². The van der Waals surface area contributed by atoms with Gasteiger partial charge in [0.25, 0.3) is 0 Å². The van der Waals surface area contributed by atoms with Crippen LogP contribution in [-0.4, -0.2) is 48.6 Å². The van der Waals surface area contributed by atoms with Crippen molar-refractivity contribution >= 4 is 29.9 Å². The standard InChI is InChI=1S/C19H30N4O.HI/c1-14(2)12-21-19(20-9-8-18-5-4-10-24-18)22-16-11-15(3)23(13-16)17-6-7-17;/h4-5,10,15-17H,1,6-9,11-13H2,2-3H3,(H2,20,21,22);1H. The van der Waals surface area contributed by atoms with Crippen LogP contribution in [0.5, 0.6) is 0 Å². The number of halogens is 1. The molecule has 1 saturated heterocycles. The zero-order chi connectivity index (χ0) is 16.9. The predicted octanol–water partition coefficient (Wildman–Crippen LogP) is 3.18. The van der Waals surface area contributed by atoms with Crippen LogP contribution in [0.25, 0.3) is 0 Å². The number of nitrogens with zero attached hydrogens (tertiary/aromatic N) is 2. The molecule has 1 aliphatic carbocycles. The van der Waals surface area contributed by atoms with Crippen molar-refractivity contribution in [3.8, 4) is 0 Å². The topological polar surface area (TPSA) is 52.8 Å². The molecule has 140 valence electrons. The van der Waals surface area contributed by atoms with Crippen molar-refractivity contribution in [2.75, 3.05) is 19.6 Å². The van der Waals surface area contributed by atoms with Crippen LogP contribution in [0.2, 0.25) is 0 Å². The summed E-state index contributed by atoms with van der Waals surface area (Å²) in [6, 6.07) is 5.90. The smallest absolute Gasteiger partial charge is 0.191 e. The van der Waals surface area contributed by atoms with Gasteiger partial charge in [0.15, 0.2) is 5.96 Å². The monoisotopic (exact) mass is 458 g/mol. The molecule has 0 spiro atoms. The molecule has 0 amide bonds. The Morgan fingerprint density at radius 1 is 1.44 bits per heavy atom. The van der Waals surface area contributed by atoms with Gasteiger partial charge >= 0.3 is 0 Å². The van der Waals surface area contributed by atoms with E-state index in [9.17, 15) is 0 Å². The van der Waals surface area contributed by atoms with Crippen molar-refractivity contribution in [3.63, 3.8) is 0 Å². The van der Waals surface area contributed by atoms with Gasteiger partial charge in [0.05, 0.1) is 12.8 Å². The molecule has 1 aliphatic heterocycles. The highest BCUT2D eigenvalue weighted by molar-refractivity contribution is 14.0. The molecule has 0 radical (unpaired) electrons. The molecule has 0 aromatic carbocycles. The molecule has 6 heteroatoms. The lowest BCUT2D eigenvalue weighted by molar-refractivity contribution is 0.256. The highest BCUT2D eigenvalue weighted by atomic mass is 127.